The Morgan fingerprint density at radius 2 is 1.85 bits per heavy atom. The molecule has 0 saturated carbocycles. The summed E-state index contributed by atoms with van der Waals surface area (Å²) in [7, 11) is 0. The second-order valence-corrected chi connectivity index (χ2v) is 5.07. The van der Waals surface area contributed by atoms with Crippen molar-refractivity contribution in [3.63, 3.8) is 0 Å². The van der Waals surface area contributed by atoms with Gasteiger partial charge in [-0.15, -0.1) is 0 Å². The van der Waals surface area contributed by atoms with E-state index in [0.717, 1.165) is 5.69 Å². The van der Waals surface area contributed by atoms with Crippen LogP contribution in [0.4, 0.5) is 0 Å². The highest BCUT2D eigenvalue weighted by Gasteiger charge is 2.19. The van der Waals surface area contributed by atoms with Crippen LogP contribution in [0.25, 0.3) is 10.9 Å². The number of carboxylic acids is 1. The molecule has 0 unspecified atom stereocenters. The number of benzene rings is 1. The molecule has 1 aliphatic rings. The Balaban J connectivity index is 2.30. The Bertz CT molecular complexity index is 694. The molecule has 5 heteroatoms. The van der Waals surface area contributed by atoms with E-state index >= 15 is 0 Å². The first kappa shape index (κ1) is 12.7. The number of hydrogen-bond donors (Lipinski definition) is 1. The summed E-state index contributed by atoms with van der Waals surface area (Å²) in [6.07, 6.45) is 0. The van der Waals surface area contributed by atoms with Gasteiger partial charge in [-0.3, -0.25) is 4.98 Å². The van der Waals surface area contributed by atoms with Crippen LogP contribution in [0.3, 0.4) is 0 Å². The molecule has 0 atom stereocenters. The summed E-state index contributed by atoms with van der Waals surface area (Å²) in [5.41, 5.74) is 1.63. The van der Waals surface area contributed by atoms with E-state index in [4.69, 9.17) is 9.47 Å². The minimum Gasteiger partial charge on any atom is -0.486 e. The van der Waals surface area contributed by atoms with Gasteiger partial charge >= 0.3 is 5.97 Å². The van der Waals surface area contributed by atoms with Crippen molar-refractivity contribution < 1.29 is 19.4 Å². The third-order valence-electron chi connectivity index (χ3n) is 3.31. The van der Waals surface area contributed by atoms with Crippen LogP contribution in [0.2, 0.25) is 0 Å². The highest BCUT2D eigenvalue weighted by Crippen LogP contribution is 2.35. The monoisotopic (exact) mass is 273 g/mol. The molecule has 0 aliphatic carbocycles. The highest BCUT2D eigenvalue weighted by molar-refractivity contribution is 6.03. The molecule has 1 aromatic carbocycles. The molecular formula is C15H15NO4. The van der Waals surface area contributed by atoms with Gasteiger partial charge in [-0.2, -0.15) is 0 Å². The minimum atomic E-state index is -0.962. The van der Waals surface area contributed by atoms with Gasteiger partial charge < -0.3 is 14.6 Å². The van der Waals surface area contributed by atoms with Crippen molar-refractivity contribution in [3.8, 4) is 11.5 Å². The second-order valence-electron chi connectivity index (χ2n) is 5.07. The largest absolute Gasteiger partial charge is 0.486 e. The zero-order chi connectivity index (χ0) is 14.3. The predicted octanol–water partition coefficient (Wildman–Crippen LogP) is 2.83. The van der Waals surface area contributed by atoms with E-state index in [0.29, 0.717) is 35.6 Å². The lowest BCUT2D eigenvalue weighted by molar-refractivity contribution is 0.0699. The fraction of sp³-hybridized carbons (Fsp3) is 0.333. The number of ether oxygens (including phenoxy) is 2. The number of fused-ring (bicyclic) bond motifs is 2. The molecule has 0 spiro atoms. The summed E-state index contributed by atoms with van der Waals surface area (Å²) in [4.78, 5) is 16.0. The zero-order valence-electron chi connectivity index (χ0n) is 11.3. The number of carboxylic acid groups (broad SMARTS) is 1. The van der Waals surface area contributed by atoms with Crippen LogP contribution in [-0.4, -0.2) is 29.3 Å². The molecule has 104 valence electrons. The number of pyridine rings is 1. The van der Waals surface area contributed by atoms with Gasteiger partial charge in [-0.25, -0.2) is 4.79 Å². The molecule has 3 rings (SSSR count). The van der Waals surface area contributed by atoms with Gasteiger partial charge in [0.05, 0.1) is 11.1 Å². The van der Waals surface area contributed by atoms with Gasteiger partial charge in [-0.05, 0) is 18.1 Å². The van der Waals surface area contributed by atoms with Gasteiger partial charge in [0.25, 0.3) is 0 Å². The average Bonchev–Trinajstić information content (AvgIpc) is 2.43. The Morgan fingerprint density at radius 1 is 1.20 bits per heavy atom. The molecule has 5 nitrogen and oxygen atoms in total. The van der Waals surface area contributed by atoms with E-state index in [1.807, 2.05) is 13.8 Å². The third kappa shape index (κ3) is 2.05. The fourth-order valence-electron chi connectivity index (χ4n) is 2.26. The fourth-order valence-corrected chi connectivity index (χ4v) is 2.26. The average molecular weight is 273 g/mol. The lowest BCUT2D eigenvalue weighted by Crippen LogP contribution is -2.15. The van der Waals surface area contributed by atoms with Crippen LogP contribution in [0.15, 0.2) is 18.2 Å². The molecule has 1 N–H and O–H groups in total. The first-order valence-electron chi connectivity index (χ1n) is 6.54. The van der Waals surface area contributed by atoms with Crippen LogP contribution in [0, 0.1) is 0 Å². The molecule has 1 aliphatic heterocycles. The smallest absolute Gasteiger partial charge is 0.336 e. The van der Waals surface area contributed by atoms with Gasteiger partial charge in [0.2, 0.25) is 0 Å². The van der Waals surface area contributed by atoms with Gasteiger partial charge in [0.1, 0.15) is 13.2 Å². The summed E-state index contributed by atoms with van der Waals surface area (Å²) >= 11 is 0. The van der Waals surface area contributed by atoms with Crippen molar-refractivity contribution in [3.05, 3.63) is 29.5 Å². The number of nitrogens with zero attached hydrogens (tertiary/aromatic N) is 1. The maximum absolute atomic E-state index is 11.5. The molecular weight excluding hydrogens is 258 g/mol. The zero-order valence-corrected chi connectivity index (χ0v) is 11.3. The summed E-state index contributed by atoms with van der Waals surface area (Å²) < 4.78 is 11.0. The van der Waals surface area contributed by atoms with Crippen molar-refractivity contribution in [2.45, 2.75) is 19.8 Å². The van der Waals surface area contributed by atoms with Crippen molar-refractivity contribution in [2.24, 2.45) is 0 Å². The van der Waals surface area contributed by atoms with Crippen molar-refractivity contribution in [1.82, 2.24) is 4.98 Å². The molecule has 0 bridgehead atoms. The molecule has 1 aromatic heterocycles. The molecule has 2 heterocycles. The molecule has 20 heavy (non-hydrogen) atoms. The third-order valence-corrected chi connectivity index (χ3v) is 3.31. The first-order valence-corrected chi connectivity index (χ1v) is 6.54. The SMILES string of the molecule is CC(C)c1cc(C(=O)O)c2cc3c(cc2n1)OCCO3. The number of aromatic nitrogens is 1. The van der Waals surface area contributed by atoms with E-state index in [1.54, 1.807) is 18.2 Å². The predicted molar refractivity (Wildman–Crippen MR) is 73.8 cm³/mol. The summed E-state index contributed by atoms with van der Waals surface area (Å²) in [6.45, 7) is 4.93. The number of carbonyl (C=O) groups is 1. The van der Waals surface area contributed by atoms with Crippen molar-refractivity contribution in [2.75, 3.05) is 13.2 Å². The molecule has 0 radical (unpaired) electrons. The van der Waals surface area contributed by atoms with E-state index < -0.39 is 5.97 Å². The number of hydrogen-bond acceptors (Lipinski definition) is 4. The van der Waals surface area contributed by atoms with Gasteiger partial charge in [0, 0.05) is 17.1 Å². The van der Waals surface area contributed by atoms with E-state index in [9.17, 15) is 9.90 Å². The normalized spacial score (nSPS) is 13.8. The van der Waals surface area contributed by atoms with Gasteiger partial charge in [-0.1, -0.05) is 13.8 Å². The number of aromatic carboxylic acids is 1. The Labute approximate surface area is 116 Å². The molecule has 0 saturated heterocycles. The minimum absolute atomic E-state index is 0.158. The van der Waals surface area contributed by atoms with Crippen LogP contribution in [0.1, 0.15) is 35.8 Å². The van der Waals surface area contributed by atoms with Crippen LogP contribution < -0.4 is 9.47 Å². The number of rotatable bonds is 2. The quantitative estimate of drug-likeness (QED) is 0.911. The van der Waals surface area contributed by atoms with Crippen LogP contribution >= 0.6 is 0 Å². The lowest BCUT2D eigenvalue weighted by Gasteiger charge is -2.19. The lowest BCUT2D eigenvalue weighted by atomic mass is 10.0. The first-order chi connectivity index (χ1) is 9.56. The highest BCUT2D eigenvalue weighted by atomic mass is 16.6. The summed E-state index contributed by atoms with van der Waals surface area (Å²) in [5, 5.41) is 9.97. The van der Waals surface area contributed by atoms with Crippen LogP contribution in [-0.2, 0) is 0 Å². The summed E-state index contributed by atoms with van der Waals surface area (Å²) in [5.74, 6) is 0.389. The van der Waals surface area contributed by atoms with E-state index in [1.165, 1.54) is 0 Å². The van der Waals surface area contributed by atoms with Crippen LogP contribution in [0.5, 0.6) is 11.5 Å². The van der Waals surface area contributed by atoms with E-state index in [-0.39, 0.29) is 11.5 Å². The maximum atomic E-state index is 11.5. The van der Waals surface area contributed by atoms with Crippen molar-refractivity contribution >= 4 is 16.9 Å². The summed E-state index contributed by atoms with van der Waals surface area (Å²) in [6, 6.07) is 5.08. The Hall–Kier alpha value is -2.30. The van der Waals surface area contributed by atoms with Crippen molar-refractivity contribution in [1.29, 1.82) is 0 Å². The second kappa shape index (κ2) is 4.67. The molecule has 0 fully saturated rings. The van der Waals surface area contributed by atoms with Gasteiger partial charge in [0.15, 0.2) is 11.5 Å². The Kier molecular flexibility index (Phi) is 2.97. The molecule has 0 amide bonds. The standard InChI is InChI=1S/C15H15NO4/c1-8(2)11-5-10(15(17)18)9-6-13-14(7-12(9)16-11)20-4-3-19-13/h5-8H,3-4H2,1-2H3,(H,17,18). The topological polar surface area (TPSA) is 68.7 Å². The maximum Gasteiger partial charge on any atom is 0.336 e. The Morgan fingerprint density at radius 3 is 2.45 bits per heavy atom. The molecule has 2 aromatic rings. The van der Waals surface area contributed by atoms with E-state index in [2.05, 4.69) is 4.98 Å².